The van der Waals surface area contributed by atoms with Gasteiger partial charge in [-0.3, -0.25) is 4.79 Å². The van der Waals surface area contributed by atoms with Gasteiger partial charge in [0.2, 0.25) is 0 Å². The second kappa shape index (κ2) is 10.3. The molecule has 0 radical (unpaired) electrons. The predicted molar refractivity (Wildman–Crippen MR) is 123 cm³/mol. The van der Waals surface area contributed by atoms with E-state index in [2.05, 4.69) is 31.2 Å². The van der Waals surface area contributed by atoms with Crippen LogP contribution in [0.25, 0.3) is 22.5 Å². The number of amides is 1. The van der Waals surface area contributed by atoms with Crippen molar-refractivity contribution in [2.45, 2.75) is 45.7 Å². The Balaban J connectivity index is 0.00000160. The van der Waals surface area contributed by atoms with Gasteiger partial charge in [0.05, 0.1) is 23.4 Å². The van der Waals surface area contributed by atoms with Crippen molar-refractivity contribution in [3.05, 3.63) is 36.2 Å². The van der Waals surface area contributed by atoms with Crippen molar-refractivity contribution in [2.75, 3.05) is 19.6 Å². The summed E-state index contributed by atoms with van der Waals surface area (Å²) in [6.45, 7) is 8.76. The molecule has 0 spiro atoms. The Morgan fingerprint density at radius 1 is 1.40 bits per heavy atom. The Bertz CT molecular complexity index is 965. The molecule has 1 saturated heterocycles. The number of halogens is 2. The maximum absolute atomic E-state index is 13.6. The highest BCUT2D eigenvalue weighted by molar-refractivity contribution is 6.06. The fraction of sp³-hybridized carbons (Fsp3) is 0.476. The van der Waals surface area contributed by atoms with E-state index in [-0.39, 0.29) is 42.8 Å². The van der Waals surface area contributed by atoms with E-state index in [1.165, 1.54) is 0 Å². The number of fused-ring (bicyclic) bond motifs is 1. The zero-order valence-corrected chi connectivity index (χ0v) is 19.1. The van der Waals surface area contributed by atoms with Crippen LogP contribution < -0.4 is 5.32 Å². The molecule has 1 N–H and O–H groups in total. The summed E-state index contributed by atoms with van der Waals surface area (Å²) in [5.41, 5.74) is 2.01. The van der Waals surface area contributed by atoms with Gasteiger partial charge in [0.15, 0.2) is 11.4 Å². The molecule has 0 bridgehead atoms. The van der Waals surface area contributed by atoms with Crippen molar-refractivity contribution in [1.82, 2.24) is 25.0 Å². The summed E-state index contributed by atoms with van der Waals surface area (Å²) in [5.74, 6) is 0.691. The summed E-state index contributed by atoms with van der Waals surface area (Å²) in [4.78, 5) is 20.4. The van der Waals surface area contributed by atoms with Gasteiger partial charge < -0.3 is 14.6 Å². The van der Waals surface area contributed by atoms with Gasteiger partial charge in [-0.1, -0.05) is 6.92 Å². The van der Waals surface area contributed by atoms with Crippen molar-refractivity contribution >= 4 is 41.8 Å². The first-order valence-electron chi connectivity index (χ1n) is 10.0. The van der Waals surface area contributed by atoms with Crippen LogP contribution in [-0.2, 0) is 0 Å². The van der Waals surface area contributed by atoms with Crippen molar-refractivity contribution < 1.29 is 9.21 Å². The van der Waals surface area contributed by atoms with Crippen LogP contribution in [0, 0.1) is 0 Å². The zero-order chi connectivity index (χ0) is 19.7. The number of carbonyl (C=O) groups excluding carboxylic acids is 1. The van der Waals surface area contributed by atoms with Crippen LogP contribution in [0.5, 0.6) is 0 Å². The van der Waals surface area contributed by atoms with Crippen molar-refractivity contribution in [3.63, 3.8) is 0 Å². The number of nitrogens with one attached hydrogen (secondary N) is 1. The first-order chi connectivity index (χ1) is 13.6. The van der Waals surface area contributed by atoms with E-state index in [4.69, 9.17) is 9.40 Å². The largest absolute Gasteiger partial charge is 0.463 e. The second-order valence-corrected chi connectivity index (χ2v) is 7.60. The zero-order valence-electron chi connectivity index (χ0n) is 17.5. The third-order valence-corrected chi connectivity index (χ3v) is 5.26. The Morgan fingerprint density at radius 3 is 2.80 bits per heavy atom. The third kappa shape index (κ3) is 4.48. The van der Waals surface area contributed by atoms with Crippen molar-refractivity contribution in [1.29, 1.82) is 0 Å². The maximum atomic E-state index is 13.6. The van der Waals surface area contributed by atoms with E-state index in [1.807, 2.05) is 27.8 Å². The van der Waals surface area contributed by atoms with Crippen LogP contribution in [0.3, 0.4) is 0 Å². The van der Waals surface area contributed by atoms with Gasteiger partial charge in [-0.2, -0.15) is 5.10 Å². The third-order valence-electron chi connectivity index (χ3n) is 5.26. The molecule has 164 valence electrons. The van der Waals surface area contributed by atoms with Crippen LogP contribution in [0.2, 0.25) is 0 Å². The van der Waals surface area contributed by atoms with Crippen LogP contribution in [0.4, 0.5) is 0 Å². The Labute approximate surface area is 189 Å². The average Bonchev–Trinajstić information content (AvgIpc) is 3.45. The standard InChI is InChI=1S/C21H27N5O2.2ClH/c1-4-9-25(15-7-8-22-12-15)21(27)16-11-18(19-6-5-10-28-19)24-20-17(16)13-23-26(20)14(2)3;;/h5-6,10-11,13-15,22H,4,7-9,12H2,1-3H3;2*1H. The van der Waals surface area contributed by atoms with E-state index in [1.54, 1.807) is 12.5 Å². The lowest BCUT2D eigenvalue weighted by atomic mass is 10.1. The minimum atomic E-state index is 0. The molecule has 1 amide bonds. The molecule has 1 fully saturated rings. The molecule has 9 heteroatoms. The molecule has 1 aliphatic rings. The summed E-state index contributed by atoms with van der Waals surface area (Å²) in [6.07, 6.45) is 5.29. The van der Waals surface area contributed by atoms with Gasteiger partial charge in [-0.15, -0.1) is 24.8 Å². The second-order valence-electron chi connectivity index (χ2n) is 7.60. The highest BCUT2D eigenvalue weighted by Gasteiger charge is 2.29. The lowest BCUT2D eigenvalue weighted by Crippen LogP contribution is -2.42. The molecule has 30 heavy (non-hydrogen) atoms. The molecule has 1 unspecified atom stereocenters. The monoisotopic (exact) mass is 453 g/mol. The fourth-order valence-electron chi connectivity index (χ4n) is 3.87. The van der Waals surface area contributed by atoms with Crippen molar-refractivity contribution in [3.8, 4) is 11.5 Å². The molecule has 3 aromatic rings. The first kappa shape index (κ1) is 24.2. The number of pyridine rings is 1. The van der Waals surface area contributed by atoms with Gasteiger partial charge in [0.25, 0.3) is 5.91 Å². The van der Waals surface area contributed by atoms with E-state index < -0.39 is 0 Å². The van der Waals surface area contributed by atoms with Crippen LogP contribution in [0.1, 0.15) is 50.0 Å². The molecule has 0 aromatic carbocycles. The quantitative estimate of drug-likeness (QED) is 0.600. The number of aromatic nitrogens is 3. The predicted octanol–water partition coefficient (Wildman–Crippen LogP) is 4.33. The summed E-state index contributed by atoms with van der Waals surface area (Å²) in [6, 6.07) is 5.91. The molecule has 3 aromatic heterocycles. The number of furan rings is 1. The minimum absolute atomic E-state index is 0. The SMILES string of the molecule is CCCN(C(=O)c1cc(-c2ccco2)nc2c1cnn2C(C)C)C1CCNC1.Cl.Cl. The molecular formula is C21H29Cl2N5O2. The number of hydrogen-bond donors (Lipinski definition) is 1. The van der Waals surface area contributed by atoms with Gasteiger partial charge in [-0.25, -0.2) is 9.67 Å². The van der Waals surface area contributed by atoms with E-state index in [0.29, 0.717) is 22.7 Å². The molecule has 1 atom stereocenters. The molecular weight excluding hydrogens is 425 g/mol. The first-order valence-corrected chi connectivity index (χ1v) is 10.0. The van der Waals surface area contributed by atoms with Gasteiger partial charge in [0.1, 0.15) is 5.69 Å². The number of carbonyl (C=O) groups is 1. The maximum Gasteiger partial charge on any atom is 0.255 e. The fourth-order valence-corrected chi connectivity index (χ4v) is 3.87. The van der Waals surface area contributed by atoms with Gasteiger partial charge >= 0.3 is 0 Å². The Hall–Kier alpha value is -2.09. The van der Waals surface area contributed by atoms with E-state index in [9.17, 15) is 4.79 Å². The normalized spacial score (nSPS) is 15.8. The lowest BCUT2D eigenvalue weighted by Gasteiger charge is -2.28. The molecule has 1 aliphatic heterocycles. The van der Waals surface area contributed by atoms with E-state index >= 15 is 0 Å². The molecule has 4 rings (SSSR count). The van der Waals surface area contributed by atoms with Gasteiger partial charge in [-0.05, 0) is 51.4 Å². The lowest BCUT2D eigenvalue weighted by molar-refractivity contribution is 0.0694. The van der Waals surface area contributed by atoms with Crippen LogP contribution in [-0.4, -0.2) is 51.2 Å². The topological polar surface area (TPSA) is 76.2 Å². The van der Waals surface area contributed by atoms with Crippen LogP contribution in [0.15, 0.2) is 35.1 Å². The number of nitrogens with zero attached hydrogens (tertiary/aromatic N) is 4. The molecule has 0 saturated carbocycles. The summed E-state index contributed by atoms with van der Waals surface area (Å²) in [5, 5.41) is 8.67. The Kier molecular flexibility index (Phi) is 8.29. The molecule has 4 heterocycles. The highest BCUT2D eigenvalue weighted by atomic mass is 35.5. The van der Waals surface area contributed by atoms with Crippen molar-refractivity contribution in [2.24, 2.45) is 0 Å². The highest BCUT2D eigenvalue weighted by Crippen LogP contribution is 2.28. The smallest absolute Gasteiger partial charge is 0.255 e. The van der Waals surface area contributed by atoms with E-state index in [0.717, 1.165) is 37.9 Å². The summed E-state index contributed by atoms with van der Waals surface area (Å²) in [7, 11) is 0. The minimum Gasteiger partial charge on any atom is -0.463 e. The number of hydrogen-bond acceptors (Lipinski definition) is 5. The van der Waals surface area contributed by atoms with Crippen LogP contribution >= 0.6 is 24.8 Å². The summed E-state index contributed by atoms with van der Waals surface area (Å²) < 4.78 is 7.42. The molecule has 0 aliphatic carbocycles. The van der Waals surface area contributed by atoms with Gasteiger partial charge in [0, 0.05) is 25.2 Å². The summed E-state index contributed by atoms with van der Waals surface area (Å²) >= 11 is 0. The average molecular weight is 454 g/mol. The number of rotatable bonds is 6. The molecule has 7 nitrogen and oxygen atoms in total. The Morgan fingerprint density at radius 2 is 2.20 bits per heavy atom.